The van der Waals surface area contributed by atoms with Gasteiger partial charge in [0.1, 0.15) is 5.82 Å². The van der Waals surface area contributed by atoms with Crippen LogP contribution in [0.1, 0.15) is 39.5 Å². The van der Waals surface area contributed by atoms with Crippen LogP contribution in [0.5, 0.6) is 5.88 Å². The molecule has 16 heavy (non-hydrogen) atoms. The summed E-state index contributed by atoms with van der Waals surface area (Å²) in [5, 5.41) is 3.38. The van der Waals surface area contributed by atoms with Crippen molar-refractivity contribution in [2.45, 2.75) is 45.6 Å². The van der Waals surface area contributed by atoms with Crippen molar-refractivity contribution in [1.82, 2.24) is 4.98 Å². The molecule has 0 saturated heterocycles. The molecule has 1 rings (SSSR count). The van der Waals surface area contributed by atoms with Crippen molar-refractivity contribution in [3.63, 3.8) is 0 Å². The number of methoxy groups -OCH3 is 1. The van der Waals surface area contributed by atoms with E-state index < -0.39 is 0 Å². The SMILES string of the molecule is CCCCCC(C)Nc1cccc(OC)n1. The molecule has 0 aromatic carbocycles. The number of unbranched alkanes of at least 4 members (excludes halogenated alkanes) is 2. The minimum absolute atomic E-state index is 0.464. The van der Waals surface area contributed by atoms with E-state index in [4.69, 9.17) is 4.74 Å². The van der Waals surface area contributed by atoms with E-state index in [1.54, 1.807) is 7.11 Å². The van der Waals surface area contributed by atoms with Crippen molar-refractivity contribution in [3.05, 3.63) is 18.2 Å². The van der Waals surface area contributed by atoms with Crippen LogP contribution < -0.4 is 10.1 Å². The van der Waals surface area contributed by atoms with Crippen LogP contribution in [-0.4, -0.2) is 18.1 Å². The van der Waals surface area contributed by atoms with Crippen LogP contribution in [0, 0.1) is 0 Å². The summed E-state index contributed by atoms with van der Waals surface area (Å²) in [5.41, 5.74) is 0. The van der Waals surface area contributed by atoms with Gasteiger partial charge in [0.2, 0.25) is 5.88 Å². The highest BCUT2D eigenvalue weighted by molar-refractivity contribution is 5.37. The third-order valence-corrected chi connectivity index (χ3v) is 2.57. The van der Waals surface area contributed by atoms with Gasteiger partial charge in [0.25, 0.3) is 0 Å². The lowest BCUT2D eigenvalue weighted by Crippen LogP contribution is -2.15. The van der Waals surface area contributed by atoms with Gasteiger partial charge in [0, 0.05) is 12.1 Å². The second-order valence-corrected chi connectivity index (χ2v) is 4.11. The summed E-state index contributed by atoms with van der Waals surface area (Å²) in [6.45, 7) is 4.42. The van der Waals surface area contributed by atoms with Crippen molar-refractivity contribution >= 4 is 5.82 Å². The van der Waals surface area contributed by atoms with Gasteiger partial charge in [-0.1, -0.05) is 32.3 Å². The van der Waals surface area contributed by atoms with Gasteiger partial charge in [0.15, 0.2) is 0 Å². The van der Waals surface area contributed by atoms with Crippen LogP contribution in [0.4, 0.5) is 5.82 Å². The first kappa shape index (κ1) is 12.8. The molecule has 0 aliphatic carbocycles. The van der Waals surface area contributed by atoms with Gasteiger partial charge in [-0.05, 0) is 19.4 Å². The van der Waals surface area contributed by atoms with Crippen LogP contribution in [0.15, 0.2) is 18.2 Å². The van der Waals surface area contributed by atoms with Crippen LogP contribution in [-0.2, 0) is 0 Å². The average Bonchev–Trinajstić information content (AvgIpc) is 2.29. The Morgan fingerprint density at radius 2 is 2.19 bits per heavy atom. The Labute approximate surface area is 98.2 Å². The zero-order valence-corrected chi connectivity index (χ0v) is 10.5. The Bertz CT molecular complexity index is 302. The van der Waals surface area contributed by atoms with Crippen LogP contribution in [0.25, 0.3) is 0 Å². The maximum Gasteiger partial charge on any atom is 0.214 e. The number of aromatic nitrogens is 1. The Hall–Kier alpha value is -1.25. The summed E-state index contributed by atoms with van der Waals surface area (Å²) in [6.07, 6.45) is 5.03. The van der Waals surface area contributed by atoms with Gasteiger partial charge < -0.3 is 10.1 Å². The molecule has 0 spiro atoms. The van der Waals surface area contributed by atoms with Gasteiger partial charge in [-0.3, -0.25) is 0 Å². The second-order valence-electron chi connectivity index (χ2n) is 4.11. The van der Waals surface area contributed by atoms with Gasteiger partial charge >= 0.3 is 0 Å². The normalized spacial score (nSPS) is 12.2. The van der Waals surface area contributed by atoms with Gasteiger partial charge in [-0.25, -0.2) is 0 Å². The molecule has 0 aliphatic heterocycles. The molecule has 1 aromatic rings. The second kappa shape index (κ2) is 7.09. The van der Waals surface area contributed by atoms with Crippen molar-refractivity contribution in [2.75, 3.05) is 12.4 Å². The topological polar surface area (TPSA) is 34.1 Å². The van der Waals surface area contributed by atoms with Gasteiger partial charge in [0.05, 0.1) is 7.11 Å². The number of ether oxygens (including phenoxy) is 1. The van der Waals surface area contributed by atoms with Crippen LogP contribution in [0.3, 0.4) is 0 Å². The summed E-state index contributed by atoms with van der Waals surface area (Å²) in [4.78, 5) is 4.33. The predicted molar refractivity (Wildman–Crippen MR) is 68.0 cm³/mol. The minimum Gasteiger partial charge on any atom is -0.481 e. The third-order valence-electron chi connectivity index (χ3n) is 2.57. The molecule has 3 nitrogen and oxygen atoms in total. The van der Waals surface area contributed by atoms with E-state index >= 15 is 0 Å². The first-order chi connectivity index (χ1) is 7.76. The molecule has 0 aliphatic rings. The smallest absolute Gasteiger partial charge is 0.214 e. The standard InChI is InChI=1S/C13H22N2O/c1-4-5-6-8-11(2)14-12-9-7-10-13(15-12)16-3/h7,9-11H,4-6,8H2,1-3H3,(H,14,15). The number of hydrogen-bond acceptors (Lipinski definition) is 3. The van der Waals surface area contributed by atoms with E-state index in [9.17, 15) is 0 Å². The number of anilines is 1. The first-order valence-corrected chi connectivity index (χ1v) is 6.03. The lowest BCUT2D eigenvalue weighted by atomic mass is 10.1. The number of hydrogen-bond donors (Lipinski definition) is 1. The highest BCUT2D eigenvalue weighted by atomic mass is 16.5. The molecule has 90 valence electrons. The van der Waals surface area contributed by atoms with Crippen LogP contribution in [0.2, 0.25) is 0 Å². The molecular weight excluding hydrogens is 200 g/mol. The molecule has 1 heterocycles. The van der Waals surface area contributed by atoms with E-state index in [1.165, 1.54) is 25.7 Å². The highest BCUT2D eigenvalue weighted by Gasteiger charge is 2.03. The fraction of sp³-hybridized carbons (Fsp3) is 0.615. The first-order valence-electron chi connectivity index (χ1n) is 6.03. The number of rotatable bonds is 7. The van der Waals surface area contributed by atoms with E-state index in [0.717, 1.165) is 5.82 Å². The van der Waals surface area contributed by atoms with Crippen molar-refractivity contribution < 1.29 is 4.74 Å². The molecule has 1 atom stereocenters. The molecule has 1 aromatic heterocycles. The average molecular weight is 222 g/mol. The van der Waals surface area contributed by atoms with E-state index in [2.05, 4.69) is 24.1 Å². The van der Waals surface area contributed by atoms with E-state index in [0.29, 0.717) is 11.9 Å². The van der Waals surface area contributed by atoms with Crippen LogP contribution >= 0.6 is 0 Å². The zero-order chi connectivity index (χ0) is 11.8. The molecule has 0 radical (unpaired) electrons. The molecule has 0 fully saturated rings. The zero-order valence-electron chi connectivity index (χ0n) is 10.5. The Morgan fingerprint density at radius 3 is 2.88 bits per heavy atom. The summed E-state index contributed by atoms with van der Waals surface area (Å²) >= 11 is 0. The summed E-state index contributed by atoms with van der Waals surface area (Å²) in [5.74, 6) is 1.55. The largest absolute Gasteiger partial charge is 0.481 e. The lowest BCUT2D eigenvalue weighted by molar-refractivity contribution is 0.398. The monoisotopic (exact) mass is 222 g/mol. The summed E-state index contributed by atoms with van der Waals surface area (Å²) < 4.78 is 5.08. The summed E-state index contributed by atoms with van der Waals surface area (Å²) in [6, 6.07) is 6.24. The van der Waals surface area contributed by atoms with E-state index in [-0.39, 0.29) is 0 Å². The quantitative estimate of drug-likeness (QED) is 0.717. The van der Waals surface area contributed by atoms with Crippen molar-refractivity contribution in [1.29, 1.82) is 0 Å². The number of nitrogens with zero attached hydrogens (tertiary/aromatic N) is 1. The Balaban J connectivity index is 2.39. The van der Waals surface area contributed by atoms with Crippen molar-refractivity contribution in [3.8, 4) is 5.88 Å². The molecular formula is C13H22N2O. The number of pyridine rings is 1. The molecule has 3 heteroatoms. The predicted octanol–water partition coefficient (Wildman–Crippen LogP) is 3.47. The molecule has 0 saturated carbocycles. The molecule has 0 bridgehead atoms. The third kappa shape index (κ3) is 4.51. The maximum atomic E-state index is 5.08. The van der Waals surface area contributed by atoms with Gasteiger partial charge in [-0.15, -0.1) is 0 Å². The number of nitrogens with one attached hydrogen (secondary N) is 1. The van der Waals surface area contributed by atoms with Gasteiger partial charge in [-0.2, -0.15) is 4.98 Å². The Kier molecular flexibility index (Phi) is 5.68. The molecule has 1 unspecified atom stereocenters. The highest BCUT2D eigenvalue weighted by Crippen LogP contribution is 2.13. The van der Waals surface area contributed by atoms with E-state index in [1.807, 2.05) is 18.2 Å². The summed E-state index contributed by atoms with van der Waals surface area (Å²) in [7, 11) is 1.64. The lowest BCUT2D eigenvalue weighted by Gasteiger charge is -2.14. The van der Waals surface area contributed by atoms with Crippen molar-refractivity contribution in [2.24, 2.45) is 0 Å². The Morgan fingerprint density at radius 1 is 1.38 bits per heavy atom. The fourth-order valence-electron chi connectivity index (χ4n) is 1.63. The molecule has 1 N–H and O–H groups in total. The molecule has 0 amide bonds. The maximum absolute atomic E-state index is 5.08. The minimum atomic E-state index is 0.464. The fourth-order valence-corrected chi connectivity index (χ4v) is 1.63.